The topological polar surface area (TPSA) is 95.9 Å². The van der Waals surface area contributed by atoms with Crippen molar-refractivity contribution < 1.29 is 24.3 Å². The van der Waals surface area contributed by atoms with Crippen LogP contribution in [0.3, 0.4) is 0 Å². The molecule has 0 spiro atoms. The molecule has 0 unspecified atom stereocenters. The SMILES string of the molecule is CCCCCCCCCCCCNC(=O)c1ccc(Cc2ccccc2N(Oc2ccccc2)C(=O)C(=O)O)cc1. The van der Waals surface area contributed by atoms with E-state index in [1.54, 1.807) is 54.6 Å². The van der Waals surface area contributed by atoms with Gasteiger partial charge in [0.05, 0.1) is 5.69 Å². The van der Waals surface area contributed by atoms with E-state index < -0.39 is 11.9 Å². The number of hydrogen-bond acceptors (Lipinski definition) is 4. The number of nitrogens with zero attached hydrogens (tertiary/aromatic N) is 1. The van der Waals surface area contributed by atoms with E-state index in [0.717, 1.165) is 23.5 Å². The lowest BCUT2D eigenvalue weighted by Crippen LogP contribution is -2.39. The largest absolute Gasteiger partial charge is 0.474 e. The molecule has 0 aliphatic rings. The molecule has 0 aliphatic carbocycles. The number of carboxylic acid groups (broad SMARTS) is 1. The van der Waals surface area contributed by atoms with Crippen LogP contribution < -0.4 is 15.2 Å². The van der Waals surface area contributed by atoms with Crippen molar-refractivity contribution in [3.8, 4) is 5.75 Å². The molecule has 7 heteroatoms. The van der Waals surface area contributed by atoms with Crippen molar-refractivity contribution in [3.63, 3.8) is 0 Å². The van der Waals surface area contributed by atoms with Crippen LogP contribution >= 0.6 is 0 Å². The average Bonchev–Trinajstić information content (AvgIpc) is 2.99. The number of carbonyl (C=O) groups excluding carboxylic acids is 2. The van der Waals surface area contributed by atoms with E-state index in [2.05, 4.69) is 12.2 Å². The van der Waals surface area contributed by atoms with Gasteiger partial charge in [-0.15, -0.1) is 5.06 Å². The number of rotatable bonds is 17. The summed E-state index contributed by atoms with van der Waals surface area (Å²) in [5.41, 5.74) is 2.54. The van der Waals surface area contributed by atoms with E-state index >= 15 is 0 Å². The number of amides is 2. The molecule has 3 aromatic rings. The van der Waals surface area contributed by atoms with Gasteiger partial charge in [-0.2, -0.15) is 0 Å². The van der Waals surface area contributed by atoms with Gasteiger partial charge in [0.2, 0.25) is 0 Å². The maximum absolute atomic E-state index is 12.6. The molecular weight excluding hydrogens is 516 g/mol. The number of carbonyl (C=O) groups is 3. The maximum atomic E-state index is 12.6. The number of para-hydroxylation sites is 2. The van der Waals surface area contributed by atoms with Gasteiger partial charge in [0, 0.05) is 12.1 Å². The van der Waals surface area contributed by atoms with Gasteiger partial charge in [-0.3, -0.25) is 9.59 Å². The molecule has 0 fully saturated rings. The third-order valence-corrected chi connectivity index (χ3v) is 6.94. The van der Waals surface area contributed by atoms with E-state index in [4.69, 9.17) is 4.84 Å². The highest BCUT2D eigenvalue weighted by atomic mass is 16.7. The van der Waals surface area contributed by atoms with E-state index in [-0.39, 0.29) is 5.91 Å². The molecule has 2 N–H and O–H groups in total. The van der Waals surface area contributed by atoms with Crippen LogP contribution in [0.1, 0.15) is 92.6 Å². The molecule has 0 saturated carbocycles. The average molecular weight is 559 g/mol. The zero-order chi connectivity index (χ0) is 29.3. The summed E-state index contributed by atoms with van der Waals surface area (Å²) >= 11 is 0. The lowest BCUT2D eigenvalue weighted by atomic mass is 10.0. The summed E-state index contributed by atoms with van der Waals surface area (Å²) < 4.78 is 0. The molecule has 3 rings (SSSR count). The first-order valence-corrected chi connectivity index (χ1v) is 14.7. The second kappa shape index (κ2) is 17.5. The smallest absolute Gasteiger partial charge is 0.398 e. The van der Waals surface area contributed by atoms with E-state index in [9.17, 15) is 19.5 Å². The third-order valence-electron chi connectivity index (χ3n) is 6.94. The predicted molar refractivity (Wildman–Crippen MR) is 162 cm³/mol. The number of benzene rings is 3. The molecule has 0 atom stereocenters. The first-order valence-electron chi connectivity index (χ1n) is 14.7. The quantitative estimate of drug-likeness (QED) is 0.103. The van der Waals surface area contributed by atoms with Crippen LogP contribution in [0.25, 0.3) is 0 Å². The Morgan fingerprint density at radius 1 is 0.732 bits per heavy atom. The zero-order valence-corrected chi connectivity index (χ0v) is 24.0. The van der Waals surface area contributed by atoms with E-state index in [0.29, 0.717) is 35.5 Å². The van der Waals surface area contributed by atoms with E-state index in [1.165, 1.54) is 51.4 Å². The summed E-state index contributed by atoms with van der Waals surface area (Å²) in [4.78, 5) is 42.4. The Labute approximate surface area is 243 Å². The van der Waals surface area contributed by atoms with Crippen LogP contribution in [0.15, 0.2) is 78.9 Å². The van der Waals surface area contributed by atoms with Crippen LogP contribution in [0, 0.1) is 0 Å². The summed E-state index contributed by atoms with van der Waals surface area (Å²) in [6.07, 6.45) is 13.0. The first-order chi connectivity index (χ1) is 20.0. The third kappa shape index (κ3) is 10.7. The molecular formula is C34H42N2O5. The van der Waals surface area contributed by atoms with Crippen molar-refractivity contribution in [2.45, 2.75) is 77.6 Å². The fraction of sp³-hybridized carbons (Fsp3) is 0.382. The van der Waals surface area contributed by atoms with Crippen molar-refractivity contribution in [3.05, 3.63) is 95.6 Å². The van der Waals surface area contributed by atoms with Gasteiger partial charge in [-0.1, -0.05) is 113 Å². The standard InChI is InChI=1S/C34H42N2O5/c1-2-3-4-5-6-7-8-9-10-16-25-35-32(37)28-23-21-27(22-24-28)26-29-17-14-15-20-31(29)36(33(38)34(39)40)41-30-18-12-11-13-19-30/h11-15,17-24H,2-10,16,25-26H2,1H3,(H,35,37)(H,39,40). The minimum atomic E-state index is -1.62. The molecule has 41 heavy (non-hydrogen) atoms. The van der Waals surface area contributed by atoms with Crippen LogP contribution in [0.4, 0.5) is 5.69 Å². The Morgan fingerprint density at radius 3 is 1.95 bits per heavy atom. The molecule has 2 amide bonds. The fourth-order valence-corrected chi connectivity index (χ4v) is 4.64. The van der Waals surface area contributed by atoms with Gasteiger partial charge in [-0.05, 0) is 54.3 Å². The lowest BCUT2D eigenvalue weighted by Gasteiger charge is -2.23. The highest BCUT2D eigenvalue weighted by molar-refractivity contribution is 6.36. The molecule has 7 nitrogen and oxygen atoms in total. The van der Waals surface area contributed by atoms with Crippen molar-refractivity contribution in [1.29, 1.82) is 0 Å². The summed E-state index contributed by atoms with van der Waals surface area (Å²) in [6.45, 7) is 2.91. The van der Waals surface area contributed by atoms with Crippen molar-refractivity contribution in [1.82, 2.24) is 5.32 Å². The minimum Gasteiger partial charge on any atom is -0.474 e. The fourth-order valence-electron chi connectivity index (χ4n) is 4.64. The lowest BCUT2D eigenvalue weighted by molar-refractivity contribution is -0.150. The van der Waals surface area contributed by atoms with Gasteiger partial charge in [-0.25, -0.2) is 4.79 Å². The molecule has 0 saturated heterocycles. The van der Waals surface area contributed by atoms with Gasteiger partial charge in [0.15, 0.2) is 5.75 Å². The van der Waals surface area contributed by atoms with Crippen molar-refractivity contribution in [2.75, 3.05) is 11.6 Å². The van der Waals surface area contributed by atoms with Crippen molar-refractivity contribution >= 4 is 23.5 Å². The van der Waals surface area contributed by atoms with E-state index in [1.807, 2.05) is 24.3 Å². The molecule has 0 heterocycles. The molecule has 0 aromatic heterocycles. The van der Waals surface area contributed by atoms with Gasteiger partial charge >= 0.3 is 11.9 Å². The number of carboxylic acids is 1. The normalized spacial score (nSPS) is 10.7. The van der Waals surface area contributed by atoms with Crippen molar-refractivity contribution in [2.24, 2.45) is 0 Å². The zero-order valence-electron chi connectivity index (χ0n) is 24.0. The highest BCUT2D eigenvalue weighted by Gasteiger charge is 2.27. The minimum absolute atomic E-state index is 0.0950. The summed E-state index contributed by atoms with van der Waals surface area (Å²) in [5.74, 6) is -2.58. The summed E-state index contributed by atoms with van der Waals surface area (Å²) in [7, 11) is 0. The van der Waals surface area contributed by atoms with Crippen LogP contribution in [-0.4, -0.2) is 29.4 Å². The Hall–Kier alpha value is -4.13. The first kappa shape index (κ1) is 31.4. The molecule has 0 aliphatic heterocycles. The number of anilines is 1. The number of hydroxylamine groups is 1. The Kier molecular flexibility index (Phi) is 13.4. The van der Waals surface area contributed by atoms with Gasteiger partial charge in [0.1, 0.15) is 0 Å². The number of hydrogen-bond donors (Lipinski definition) is 2. The number of aliphatic carboxylic acids is 1. The number of nitrogens with one attached hydrogen (secondary N) is 1. The maximum Gasteiger partial charge on any atom is 0.398 e. The van der Waals surface area contributed by atoms with Gasteiger partial charge in [0.25, 0.3) is 5.91 Å². The molecule has 3 aromatic carbocycles. The molecule has 218 valence electrons. The summed E-state index contributed by atoms with van der Waals surface area (Å²) in [5, 5.41) is 13.2. The van der Waals surface area contributed by atoms with Crippen LogP contribution in [0.2, 0.25) is 0 Å². The predicted octanol–water partition coefficient (Wildman–Crippen LogP) is 7.34. The Bertz CT molecular complexity index is 1230. The Morgan fingerprint density at radius 2 is 1.32 bits per heavy atom. The van der Waals surface area contributed by atoms with Gasteiger partial charge < -0.3 is 15.3 Å². The molecule has 0 radical (unpaired) electrons. The van der Waals surface area contributed by atoms with Crippen LogP contribution in [0.5, 0.6) is 5.75 Å². The second-order valence-corrected chi connectivity index (χ2v) is 10.2. The Balaban J connectivity index is 1.51. The van der Waals surface area contributed by atoms with Crippen LogP contribution in [-0.2, 0) is 16.0 Å². The molecule has 0 bridgehead atoms. The highest BCUT2D eigenvalue weighted by Crippen LogP contribution is 2.26. The monoisotopic (exact) mass is 558 g/mol. The number of unbranched alkanes of at least 4 members (excludes halogenated alkanes) is 9. The second-order valence-electron chi connectivity index (χ2n) is 10.2. The summed E-state index contributed by atoms with van der Waals surface area (Å²) in [6, 6.07) is 22.9.